The normalized spacial score (nSPS) is 16.4. The quantitative estimate of drug-likeness (QED) is 0.818. The van der Waals surface area contributed by atoms with E-state index < -0.39 is 0 Å². The Hall–Kier alpha value is -1.81. The molecule has 1 fully saturated rings. The molecule has 0 saturated carbocycles. The highest BCUT2D eigenvalue weighted by Crippen LogP contribution is 2.15. The van der Waals surface area contributed by atoms with Crippen molar-refractivity contribution in [3.63, 3.8) is 0 Å². The van der Waals surface area contributed by atoms with Gasteiger partial charge in [0.25, 0.3) is 5.91 Å². The third kappa shape index (κ3) is 4.60. The number of nitrogens with one attached hydrogen (secondary N) is 1. The van der Waals surface area contributed by atoms with E-state index in [2.05, 4.69) is 16.8 Å². The zero-order valence-electron chi connectivity index (χ0n) is 12.7. The van der Waals surface area contributed by atoms with Gasteiger partial charge in [-0.15, -0.1) is 6.58 Å². The van der Waals surface area contributed by atoms with Crippen LogP contribution in [0, 0.1) is 0 Å². The number of amides is 1. The highest BCUT2D eigenvalue weighted by atomic mass is 16.5. The Morgan fingerprint density at radius 3 is 2.90 bits per heavy atom. The van der Waals surface area contributed by atoms with Gasteiger partial charge in [-0.1, -0.05) is 12.1 Å². The summed E-state index contributed by atoms with van der Waals surface area (Å²) in [6.07, 6.45) is 3.91. The molecule has 1 aliphatic rings. The first kappa shape index (κ1) is 15.6. The molecule has 21 heavy (non-hydrogen) atoms. The van der Waals surface area contributed by atoms with Gasteiger partial charge in [0.15, 0.2) is 0 Å². The second-order valence-corrected chi connectivity index (χ2v) is 5.30. The highest BCUT2D eigenvalue weighted by Gasteiger charge is 2.20. The molecule has 0 aliphatic carbocycles. The summed E-state index contributed by atoms with van der Waals surface area (Å²) in [5.74, 6) is 0.727. The number of carbonyl (C=O) groups excluding carboxylic acids is 1. The minimum atomic E-state index is -0.0151. The van der Waals surface area contributed by atoms with E-state index in [0.29, 0.717) is 12.2 Å². The SMILES string of the molecule is C=CCN1CCC(NC(=O)c2cccc(OCC)c2)CC1. The number of piperidine rings is 1. The smallest absolute Gasteiger partial charge is 0.251 e. The van der Waals surface area contributed by atoms with Crippen LogP contribution in [0.2, 0.25) is 0 Å². The summed E-state index contributed by atoms with van der Waals surface area (Å²) >= 11 is 0. The molecule has 0 radical (unpaired) electrons. The van der Waals surface area contributed by atoms with Crippen molar-refractivity contribution >= 4 is 5.91 Å². The number of carbonyl (C=O) groups is 1. The van der Waals surface area contributed by atoms with Crippen molar-refractivity contribution in [1.82, 2.24) is 10.2 Å². The first-order valence-corrected chi connectivity index (χ1v) is 7.60. The van der Waals surface area contributed by atoms with Crippen LogP contribution >= 0.6 is 0 Å². The summed E-state index contributed by atoms with van der Waals surface area (Å²) in [6, 6.07) is 7.60. The number of hydrogen-bond acceptors (Lipinski definition) is 3. The molecule has 1 saturated heterocycles. The van der Waals surface area contributed by atoms with Crippen LogP contribution in [0.1, 0.15) is 30.1 Å². The van der Waals surface area contributed by atoms with Gasteiger partial charge in [-0.2, -0.15) is 0 Å². The van der Waals surface area contributed by atoms with Gasteiger partial charge in [-0.3, -0.25) is 9.69 Å². The fourth-order valence-electron chi connectivity index (χ4n) is 2.60. The van der Waals surface area contributed by atoms with E-state index in [1.165, 1.54) is 0 Å². The summed E-state index contributed by atoms with van der Waals surface area (Å²) in [5.41, 5.74) is 0.662. The van der Waals surface area contributed by atoms with Crippen molar-refractivity contribution in [1.29, 1.82) is 0 Å². The topological polar surface area (TPSA) is 41.6 Å². The number of hydrogen-bond donors (Lipinski definition) is 1. The largest absolute Gasteiger partial charge is 0.494 e. The maximum atomic E-state index is 12.3. The van der Waals surface area contributed by atoms with Crippen LogP contribution in [0.4, 0.5) is 0 Å². The van der Waals surface area contributed by atoms with Gasteiger partial charge >= 0.3 is 0 Å². The summed E-state index contributed by atoms with van der Waals surface area (Å²) in [4.78, 5) is 14.6. The molecule has 1 aliphatic heterocycles. The summed E-state index contributed by atoms with van der Waals surface area (Å²) in [5, 5.41) is 3.12. The monoisotopic (exact) mass is 288 g/mol. The predicted molar refractivity (Wildman–Crippen MR) is 84.7 cm³/mol. The van der Waals surface area contributed by atoms with E-state index in [9.17, 15) is 4.79 Å². The average Bonchev–Trinajstić information content (AvgIpc) is 2.50. The molecular weight excluding hydrogens is 264 g/mol. The molecule has 1 aromatic rings. The lowest BCUT2D eigenvalue weighted by Gasteiger charge is -2.31. The molecule has 4 heteroatoms. The van der Waals surface area contributed by atoms with Crippen molar-refractivity contribution in [3.8, 4) is 5.75 Å². The maximum absolute atomic E-state index is 12.3. The number of rotatable bonds is 6. The molecule has 0 aromatic heterocycles. The molecule has 1 N–H and O–H groups in total. The number of ether oxygens (including phenoxy) is 1. The molecule has 0 spiro atoms. The Bertz CT molecular complexity index is 479. The highest BCUT2D eigenvalue weighted by molar-refractivity contribution is 5.94. The lowest BCUT2D eigenvalue weighted by atomic mass is 10.0. The summed E-state index contributed by atoms with van der Waals surface area (Å²) in [6.45, 7) is 9.25. The average molecular weight is 288 g/mol. The van der Waals surface area contributed by atoms with Crippen molar-refractivity contribution < 1.29 is 9.53 Å². The third-order valence-electron chi connectivity index (χ3n) is 3.72. The van der Waals surface area contributed by atoms with Gasteiger partial charge in [-0.25, -0.2) is 0 Å². The molecule has 0 unspecified atom stereocenters. The Kier molecular flexibility index (Phi) is 5.81. The first-order chi connectivity index (χ1) is 10.2. The summed E-state index contributed by atoms with van der Waals surface area (Å²) < 4.78 is 5.43. The number of likely N-dealkylation sites (tertiary alicyclic amines) is 1. The van der Waals surface area contributed by atoms with Crippen LogP contribution in [0.5, 0.6) is 5.75 Å². The Morgan fingerprint density at radius 2 is 2.24 bits per heavy atom. The molecule has 1 amide bonds. The molecule has 1 aromatic carbocycles. The number of benzene rings is 1. The second-order valence-electron chi connectivity index (χ2n) is 5.30. The minimum absolute atomic E-state index is 0.0151. The molecule has 0 atom stereocenters. The fourth-order valence-corrected chi connectivity index (χ4v) is 2.60. The Labute approximate surface area is 126 Å². The molecule has 4 nitrogen and oxygen atoms in total. The lowest BCUT2D eigenvalue weighted by Crippen LogP contribution is -2.44. The van der Waals surface area contributed by atoms with Gasteiger partial charge in [0.1, 0.15) is 5.75 Å². The molecule has 1 heterocycles. The van der Waals surface area contributed by atoms with Gasteiger partial charge < -0.3 is 10.1 Å². The van der Waals surface area contributed by atoms with E-state index in [1.54, 1.807) is 6.07 Å². The van der Waals surface area contributed by atoms with Crippen LogP contribution in [-0.2, 0) is 0 Å². The lowest BCUT2D eigenvalue weighted by molar-refractivity contribution is 0.0913. The first-order valence-electron chi connectivity index (χ1n) is 7.60. The Balaban J connectivity index is 1.87. The van der Waals surface area contributed by atoms with Crippen molar-refractivity contribution in [2.45, 2.75) is 25.8 Å². The zero-order valence-corrected chi connectivity index (χ0v) is 12.7. The van der Waals surface area contributed by atoms with Crippen LogP contribution in [0.15, 0.2) is 36.9 Å². The van der Waals surface area contributed by atoms with E-state index in [-0.39, 0.29) is 11.9 Å². The van der Waals surface area contributed by atoms with E-state index in [0.717, 1.165) is 38.2 Å². The maximum Gasteiger partial charge on any atom is 0.251 e. The molecular formula is C17H24N2O2. The number of nitrogens with zero attached hydrogens (tertiary/aromatic N) is 1. The van der Waals surface area contributed by atoms with Crippen molar-refractivity contribution in [3.05, 3.63) is 42.5 Å². The van der Waals surface area contributed by atoms with Crippen LogP contribution in [-0.4, -0.2) is 43.1 Å². The Morgan fingerprint density at radius 1 is 1.48 bits per heavy atom. The second kappa shape index (κ2) is 7.84. The van der Waals surface area contributed by atoms with Crippen LogP contribution < -0.4 is 10.1 Å². The van der Waals surface area contributed by atoms with Gasteiger partial charge in [0.2, 0.25) is 0 Å². The predicted octanol–water partition coefficient (Wildman–Crippen LogP) is 2.47. The molecule has 0 bridgehead atoms. The molecule has 2 rings (SSSR count). The van der Waals surface area contributed by atoms with Gasteiger partial charge in [0, 0.05) is 31.2 Å². The fraction of sp³-hybridized carbons (Fsp3) is 0.471. The van der Waals surface area contributed by atoms with Crippen LogP contribution in [0.25, 0.3) is 0 Å². The minimum Gasteiger partial charge on any atom is -0.494 e. The molecule has 114 valence electrons. The standard InChI is InChI=1S/C17H24N2O2/c1-3-10-19-11-8-15(9-12-19)18-17(20)14-6-5-7-16(13-14)21-4-2/h3,5-7,13,15H,1,4,8-12H2,2H3,(H,18,20). The van der Waals surface area contributed by atoms with Gasteiger partial charge in [0.05, 0.1) is 6.61 Å². The van der Waals surface area contributed by atoms with Crippen molar-refractivity contribution in [2.75, 3.05) is 26.2 Å². The van der Waals surface area contributed by atoms with E-state index in [1.807, 2.05) is 31.2 Å². The van der Waals surface area contributed by atoms with E-state index in [4.69, 9.17) is 4.74 Å². The van der Waals surface area contributed by atoms with E-state index >= 15 is 0 Å². The zero-order chi connectivity index (χ0) is 15.1. The third-order valence-corrected chi connectivity index (χ3v) is 3.72. The van der Waals surface area contributed by atoms with Gasteiger partial charge in [-0.05, 0) is 38.0 Å². The van der Waals surface area contributed by atoms with Crippen molar-refractivity contribution in [2.24, 2.45) is 0 Å². The van der Waals surface area contributed by atoms with Crippen LogP contribution in [0.3, 0.4) is 0 Å². The summed E-state index contributed by atoms with van der Waals surface area (Å²) in [7, 11) is 0.